The molecule has 0 saturated heterocycles. The number of methoxy groups -OCH3 is 1. The van der Waals surface area contributed by atoms with Crippen LogP contribution >= 0.6 is 39.1 Å². The highest BCUT2D eigenvalue weighted by molar-refractivity contribution is 9.10. The van der Waals surface area contributed by atoms with Gasteiger partial charge >= 0.3 is 0 Å². The quantitative estimate of drug-likeness (QED) is 0.237. The van der Waals surface area contributed by atoms with E-state index in [1.54, 1.807) is 19.2 Å². The van der Waals surface area contributed by atoms with Gasteiger partial charge in [0.1, 0.15) is 6.61 Å². The van der Waals surface area contributed by atoms with Crippen molar-refractivity contribution in [2.45, 2.75) is 39.3 Å². The predicted molar refractivity (Wildman–Crippen MR) is 167 cm³/mol. The number of benzene rings is 4. The minimum atomic E-state index is -0.338. The van der Waals surface area contributed by atoms with Gasteiger partial charge in [-0.1, -0.05) is 89.4 Å². The average molecular weight is 637 g/mol. The standard InChI is InChI=1S/C33H28BrCl2NO3/c1-33(2)15-23-30-21-7-5-4-6-18(21)9-11-26(30)37-32(31(23)27(38)16-33)22-13-28(39-3)29(14-24(22)34)40-17-19-8-10-20(35)12-25(19)36/h4-14,32,37H,15-17H2,1-3H3. The summed E-state index contributed by atoms with van der Waals surface area (Å²) in [5.74, 6) is 1.31. The Morgan fingerprint density at radius 1 is 1.00 bits per heavy atom. The summed E-state index contributed by atoms with van der Waals surface area (Å²) in [6.07, 6.45) is 1.33. The molecule has 1 heterocycles. The van der Waals surface area contributed by atoms with Crippen molar-refractivity contribution in [1.82, 2.24) is 0 Å². The van der Waals surface area contributed by atoms with Gasteiger partial charge in [-0.3, -0.25) is 4.79 Å². The van der Waals surface area contributed by atoms with Crippen LogP contribution in [-0.2, 0) is 11.4 Å². The number of carbonyl (C=O) groups excluding carboxylic acids is 1. The predicted octanol–water partition coefficient (Wildman–Crippen LogP) is 9.81. The number of allylic oxidation sites excluding steroid dienone is 1. The van der Waals surface area contributed by atoms with Crippen molar-refractivity contribution < 1.29 is 14.3 Å². The fraction of sp³-hybridized carbons (Fsp3) is 0.242. The summed E-state index contributed by atoms with van der Waals surface area (Å²) in [5, 5.41) is 7.14. The zero-order valence-corrected chi connectivity index (χ0v) is 25.5. The van der Waals surface area contributed by atoms with Crippen molar-refractivity contribution in [2.75, 3.05) is 12.4 Å². The molecule has 0 amide bonds. The summed E-state index contributed by atoms with van der Waals surface area (Å²) in [4.78, 5) is 13.8. The third-order valence-corrected chi connectivity index (χ3v) is 9.01. The molecule has 0 aromatic heterocycles. The van der Waals surface area contributed by atoms with Crippen LogP contribution in [0.5, 0.6) is 11.5 Å². The van der Waals surface area contributed by atoms with Crippen molar-refractivity contribution >= 4 is 66.9 Å². The second-order valence-corrected chi connectivity index (χ2v) is 12.9. The first kappa shape index (κ1) is 27.2. The molecular formula is C33H28BrCl2NO3. The maximum absolute atomic E-state index is 13.8. The van der Waals surface area contributed by atoms with Crippen LogP contribution in [0.2, 0.25) is 10.0 Å². The lowest BCUT2D eigenvalue weighted by molar-refractivity contribution is -0.118. The van der Waals surface area contributed by atoms with Crippen LogP contribution < -0.4 is 14.8 Å². The van der Waals surface area contributed by atoms with Crippen molar-refractivity contribution in [3.8, 4) is 11.5 Å². The summed E-state index contributed by atoms with van der Waals surface area (Å²) in [5.41, 5.74) is 5.71. The Bertz CT molecular complexity index is 1710. The van der Waals surface area contributed by atoms with E-state index in [9.17, 15) is 4.79 Å². The van der Waals surface area contributed by atoms with E-state index in [0.717, 1.165) is 55.2 Å². The summed E-state index contributed by atoms with van der Waals surface area (Å²) in [6, 6.07) is 21.5. The Balaban J connectivity index is 1.44. The van der Waals surface area contributed by atoms with Gasteiger partial charge in [-0.15, -0.1) is 0 Å². The van der Waals surface area contributed by atoms with Gasteiger partial charge < -0.3 is 14.8 Å². The lowest BCUT2D eigenvalue weighted by Gasteiger charge is -2.40. The van der Waals surface area contributed by atoms with Crippen LogP contribution in [0.4, 0.5) is 5.69 Å². The first-order valence-electron chi connectivity index (χ1n) is 13.1. The molecule has 4 nitrogen and oxygen atoms in total. The van der Waals surface area contributed by atoms with E-state index in [1.165, 1.54) is 0 Å². The van der Waals surface area contributed by atoms with Crippen LogP contribution in [-0.4, -0.2) is 12.9 Å². The highest BCUT2D eigenvalue weighted by Gasteiger charge is 2.41. The van der Waals surface area contributed by atoms with Crippen LogP contribution in [0, 0.1) is 5.41 Å². The Morgan fingerprint density at radius 3 is 2.58 bits per heavy atom. The lowest BCUT2D eigenvalue weighted by atomic mass is 9.68. The topological polar surface area (TPSA) is 47.6 Å². The molecule has 1 atom stereocenters. The molecule has 2 aliphatic rings. The molecule has 4 aromatic carbocycles. The number of Topliss-reactive ketones (excluding diaryl/α,β-unsaturated/α-hetero) is 1. The van der Waals surface area contributed by atoms with Crippen LogP contribution in [0.1, 0.15) is 49.4 Å². The molecule has 0 saturated carbocycles. The molecule has 204 valence electrons. The van der Waals surface area contributed by atoms with Crippen molar-refractivity contribution in [1.29, 1.82) is 0 Å². The normalized spacial score (nSPS) is 17.8. The van der Waals surface area contributed by atoms with Gasteiger partial charge in [-0.2, -0.15) is 0 Å². The molecule has 1 aliphatic carbocycles. The van der Waals surface area contributed by atoms with Crippen molar-refractivity contribution in [2.24, 2.45) is 5.41 Å². The Morgan fingerprint density at radius 2 is 1.80 bits per heavy atom. The zero-order chi connectivity index (χ0) is 28.2. The molecule has 6 rings (SSSR count). The van der Waals surface area contributed by atoms with Gasteiger partial charge in [0.05, 0.1) is 13.2 Å². The number of ketones is 1. The number of rotatable bonds is 5. The van der Waals surface area contributed by atoms with E-state index in [4.69, 9.17) is 32.7 Å². The first-order chi connectivity index (χ1) is 19.1. The van der Waals surface area contributed by atoms with Gasteiger partial charge in [0.25, 0.3) is 0 Å². The molecule has 1 N–H and O–H groups in total. The third-order valence-electron chi connectivity index (χ3n) is 7.73. The van der Waals surface area contributed by atoms with E-state index in [2.05, 4.69) is 65.4 Å². The number of hydrogen-bond acceptors (Lipinski definition) is 4. The molecule has 0 radical (unpaired) electrons. The van der Waals surface area contributed by atoms with E-state index >= 15 is 0 Å². The summed E-state index contributed by atoms with van der Waals surface area (Å²) < 4.78 is 12.7. The number of anilines is 1. The van der Waals surface area contributed by atoms with Crippen molar-refractivity contribution in [3.05, 3.63) is 104 Å². The number of hydrogen-bond donors (Lipinski definition) is 1. The molecule has 0 fully saturated rings. The van der Waals surface area contributed by atoms with Gasteiger partial charge in [0.2, 0.25) is 0 Å². The van der Waals surface area contributed by atoms with Crippen molar-refractivity contribution in [3.63, 3.8) is 0 Å². The molecule has 4 aromatic rings. The Kier molecular flexibility index (Phi) is 7.10. The van der Waals surface area contributed by atoms with Gasteiger partial charge in [0, 0.05) is 43.3 Å². The van der Waals surface area contributed by atoms with Crippen LogP contribution in [0.15, 0.2) is 76.8 Å². The number of ether oxygens (including phenoxy) is 2. The third kappa shape index (κ3) is 4.89. The largest absolute Gasteiger partial charge is 0.493 e. The minimum Gasteiger partial charge on any atom is -0.493 e. The van der Waals surface area contributed by atoms with Gasteiger partial charge in [0.15, 0.2) is 17.3 Å². The van der Waals surface area contributed by atoms with Gasteiger partial charge in [-0.25, -0.2) is 0 Å². The first-order valence-corrected chi connectivity index (χ1v) is 14.7. The molecule has 1 unspecified atom stereocenters. The monoisotopic (exact) mass is 635 g/mol. The maximum atomic E-state index is 13.8. The second-order valence-electron chi connectivity index (χ2n) is 11.2. The summed E-state index contributed by atoms with van der Waals surface area (Å²) in [6.45, 7) is 4.60. The number of halogens is 3. The van der Waals surface area contributed by atoms with E-state index in [-0.39, 0.29) is 23.8 Å². The average Bonchev–Trinajstić information content (AvgIpc) is 2.91. The highest BCUT2D eigenvalue weighted by Crippen LogP contribution is 2.53. The summed E-state index contributed by atoms with van der Waals surface area (Å²) in [7, 11) is 1.61. The lowest BCUT2D eigenvalue weighted by Crippen LogP contribution is -2.33. The molecule has 0 spiro atoms. The van der Waals surface area contributed by atoms with Gasteiger partial charge in [-0.05, 0) is 64.1 Å². The minimum absolute atomic E-state index is 0.123. The smallest absolute Gasteiger partial charge is 0.162 e. The van der Waals surface area contributed by atoms with E-state index < -0.39 is 0 Å². The summed E-state index contributed by atoms with van der Waals surface area (Å²) >= 11 is 16.2. The zero-order valence-electron chi connectivity index (χ0n) is 22.4. The second kappa shape index (κ2) is 10.4. The number of fused-ring (bicyclic) bond motifs is 4. The Labute approximate surface area is 252 Å². The van der Waals surface area contributed by atoms with E-state index in [0.29, 0.717) is 28.0 Å². The maximum Gasteiger partial charge on any atom is 0.162 e. The number of carbonyl (C=O) groups is 1. The van der Waals surface area contributed by atoms with Crippen LogP contribution in [0.3, 0.4) is 0 Å². The van der Waals surface area contributed by atoms with E-state index in [1.807, 2.05) is 24.3 Å². The SMILES string of the molecule is COc1cc(C2Nc3ccc4ccccc4c3C3=C2C(=O)CC(C)(C)C3)c(Br)cc1OCc1ccc(Cl)cc1Cl. The molecule has 1 aliphatic heterocycles. The van der Waals surface area contributed by atoms with Crippen LogP contribution in [0.25, 0.3) is 16.3 Å². The highest BCUT2D eigenvalue weighted by atomic mass is 79.9. The molecule has 0 bridgehead atoms. The number of nitrogens with one attached hydrogen (secondary N) is 1. The molecule has 40 heavy (non-hydrogen) atoms. The Hall–Kier alpha value is -2.99. The fourth-order valence-corrected chi connectivity index (χ4v) is 6.92. The fourth-order valence-electron chi connectivity index (χ4n) is 5.91. The molecule has 7 heteroatoms. The molecular weight excluding hydrogens is 609 g/mol.